The van der Waals surface area contributed by atoms with Crippen LogP contribution in [0.1, 0.15) is 11.1 Å². The lowest BCUT2D eigenvalue weighted by atomic mass is 9.97. The van der Waals surface area contributed by atoms with Gasteiger partial charge in [-0.05, 0) is 62.0 Å². The number of rotatable bonds is 0. The van der Waals surface area contributed by atoms with Gasteiger partial charge >= 0.3 is 0 Å². The zero-order valence-corrected chi connectivity index (χ0v) is 10.9. The molecule has 0 saturated carbocycles. The van der Waals surface area contributed by atoms with Gasteiger partial charge in [-0.2, -0.15) is 0 Å². The fraction of sp³-hybridized carbons (Fsp3) is 0.0526. The molecule has 94 valence electrons. The van der Waals surface area contributed by atoms with Crippen LogP contribution in [0.15, 0.2) is 54.6 Å². The third-order valence-corrected chi connectivity index (χ3v) is 4.47. The second kappa shape index (κ2) is 3.31. The maximum atomic E-state index is 9.86. The van der Waals surface area contributed by atoms with Crippen molar-refractivity contribution in [2.75, 3.05) is 0 Å². The number of hydrogen-bond acceptors (Lipinski definition) is 1. The Morgan fingerprint density at radius 3 is 2.50 bits per heavy atom. The third kappa shape index (κ3) is 1.13. The molecule has 0 atom stereocenters. The second-order valence-corrected chi connectivity index (χ2v) is 5.62. The first-order chi connectivity index (χ1) is 9.81. The van der Waals surface area contributed by atoms with Crippen LogP contribution >= 0.6 is 0 Å². The first-order valence-corrected chi connectivity index (χ1v) is 6.90. The average molecular weight is 256 g/mol. The average Bonchev–Trinajstić information content (AvgIpc) is 2.81. The number of hydrogen-bond donors (Lipinski definition) is 1. The normalized spacial score (nSPS) is 13.0. The predicted molar refractivity (Wildman–Crippen MR) is 83.4 cm³/mol. The molecule has 0 amide bonds. The number of fused-ring (bicyclic) bond motifs is 2. The summed E-state index contributed by atoms with van der Waals surface area (Å²) in [4.78, 5) is 0. The molecule has 1 aliphatic carbocycles. The Labute approximate surface area is 116 Å². The van der Waals surface area contributed by atoms with Crippen LogP contribution in [0.5, 0.6) is 5.75 Å². The highest BCUT2D eigenvalue weighted by Gasteiger charge is 2.19. The number of benzene rings is 4. The van der Waals surface area contributed by atoms with Crippen LogP contribution in [0.4, 0.5) is 0 Å². The lowest BCUT2D eigenvalue weighted by Crippen LogP contribution is -1.82. The SMILES string of the molecule is Oc1cc2c3c(ccc4c5ccccc5cc(c43)C2)c1. The fourth-order valence-corrected chi connectivity index (χ4v) is 3.71. The fourth-order valence-electron chi connectivity index (χ4n) is 3.71. The van der Waals surface area contributed by atoms with Crippen LogP contribution in [0.3, 0.4) is 0 Å². The van der Waals surface area contributed by atoms with Crippen molar-refractivity contribution in [2.24, 2.45) is 0 Å². The Bertz CT molecular complexity index is 1030. The van der Waals surface area contributed by atoms with Gasteiger partial charge in [0.1, 0.15) is 5.75 Å². The molecule has 0 aliphatic heterocycles. The molecule has 4 aromatic carbocycles. The van der Waals surface area contributed by atoms with E-state index in [4.69, 9.17) is 0 Å². The van der Waals surface area contributed by atoms with Crippen molar-refractivity contribution in [2.45, 2.75) is 6.42 Å². The minimum absolute atomic E-state index is 0.365. The molecule has 20 heavy (non-hydrogen) atoms. The molecule has 1 heteroatoms. The molecule has 0 unspecified atom stereocenters. The molecule has 0 fully saturated rings. The molecule has 1 N–H and O–H groups in total. The Morgan fingerprint density at radius 2 is 1.55 bits per heavy atom. The van der Waals surface area contributed by atoms with Gasteiger partial charge < -0.3 is 5.11 Å². The van der Waals surface area contributed by atoms with Crippen LogP contribution in [0.2, 0.25) is 0 Å². The predicted octanol–water partition coefficient (Wildman–Crippen LogP) is 4.76. The summed E-state index contributed by atoms with van der Waals surface area (Å²) in [6.07, 6.45) is 0.922. The van der Waals surface area contributed by atoms with E-state index in [1.54, 1.807) is 0 Å². The zero-order valence-electron chi connectivity index (χ0n) is 10.9. The summed E-state index contributed by atoms with van der Waals surface area (Å²) >= 11 is 0. The van der Waals surface area contributed by atoms with E-state index in [1.165, 1.54) is 38.1 Å². The van der Waals surface area contributed by atoms with Gasteiger partial charge in [0.05, 0.1) is 0 Å². The molecular weight excluding hydrogens is 244 g/mol. The maximum Gasteiger partial charge on any atom is 0.116 e. The van der Waals surface area contributed by atoms with Crippen molar-refractivity contribution in [3.8, 4) is 5.75 Å². The molecule has 1 nitrogen and oxygen atoms in total. The summed E-state index contributed by atoms with van der Waals surface area (Å²) in [5, 5.41) is 17.6. The van der Waals surface area contributed by atoms with Gasteiger partial charge in [0, 0.05) is 0 Å². The van der Waals surface area contributed by atoms with Crippen molar-refractivity contribution in [1.82, 2.24) is 0 Å². The maximum absolute atomic E-state index is 9.86. The number of phenols is 1. The van der Waals surface area contributed by atoms with Crippen LogP contribution in [-0.4, -0.2) is 5.11 Å². The first-order valence-electron chi connectivity index (χ1n) is 6.90. The van der Waals surface area contributed by atoms with E-state index in [1.807, 2.05) is 12.1 Å². The third-order valence-electron chi connectivity index (χ3n) is 4.47. The van der Waals surface area contributed by atoms with Crippen molar-refractivity contribution >= 4 is 32.3 Å². The molecule has 0 saturated heterocycles. The van der Waals surface area contributed by atoms with Gasteiger partial charge in [-0.25, -0.2) is 0 Å². The standard InChI is InChI=1S/C19H12O/c20-15-9-12-5-6-17-16-4-2-1-3-11(16)7-13-8-14(10-15)18(12)19(13)17/h1-7,9-10,20H,8H2. The van der Waals surface area contributed by atoms with E-state index in [-0.39, 0.29) is 0 Å². The van der Waals surface area contributed by atoms with Gasteiger partial charge in [-0.3, -0.25) is 0 Å². The summed E-state index contributed by atoms with van der Waals surface area (Å²) in [7, 11) is 0. The molecular formula is C19H12O. The number of aromatic hydroxyl groups is 1. The monoisotopic (exact) mass is 256 g/mol. The molecule has 5 rings (SSSR count). The lowest BCUT2D eigenvalue weighted by Gasteiger charge is -2.07. The molecule has 0 aromatic heterocycles. The molecule has 0 spiro atoms. The summed E-state index contributed by atoms with van der Waals surface area (Å²) < 4.78 is 0. The summed E-state index contributed by atoms with van der Waals surface area (Å²) in [5.74, 6) is 0.365. The van der Waals surface area contributed by atoms with E-state index in [0.717, 1.165) is 11.8 Å². The van der Waals surface area contributed by atoms with Gasteiger partial charge in [0.2, 0.25) is 0 Å². The van der Waals surface area contributed by atoms with Crippen molar-refractivity contribution in [1.29, 1.82) is 0 Å². The van der Waals surface area contributed by atoms with Crippen LogP contribution in [-0.2, 0) is 6.42 Å². The number of phenolic OH excluding ortho intramolecular Hbond substituents is 1. The van der Waals surface area contributed by atoms with E-state index < -0.39 is 0 Å². The molecule has 0 heterocycles. The van der Waals surface area contributed by atoms with E-state index >= 15 is 0 Å². The van der Waals surface area contributed by atoms with Crippen LogP contribution < -0.4 is 0 Å². The summed E-state index contributed by atoms with van der Waals surface area (Å²) in [6.45, 7) is 0. The van der Waals surface area contributed by atoms with Gasteiger partial charge in [-0.1, -0.05) is 42.5 Å². The lowest BCUT2D eigenvalue weighted by molar-refractivity contribution is 0.475. The Morgan fingerprint density at radius 1 is 0.700 bits per heavy atom. The minimum Gasteiger partial charge on any atom is -0.508 e. The van der Waals surface area contributed by atoms with Crippen molar-refractivity contribution in [3.63, 3.8) is 0 Å². The Hall–Kier alpha value is -2.54. The van der Waals surface area contributed by atoms with Crippen molar-refractivity contribution in [3.05, 3.63) is 65.7 Å². The first kappa shape index (κ1) is 10.3. The largest absolute Gasteiger partial charge is 0.508 e. The molecule has 0 bridgehead atoms. The quantitative estimate of drug-likeness (QED) is 0.396. The smallest absolute Gasteiger partial charge is 0.116 e. The minimum atomic E-state index is 0.365. The van der Waals surface area contributed by atoms with Gasteiger partial charge in [0.25, 0.3) is 0 Å². The zero-order chi connectivity index (χ0) is 13.3. The molecule has 1 aliphatic rings. The van der Waals surface area contributed by atoms with E-state index in [9.17, 15) is 5.11 Å². The van der Waals surface area contributed by atoms with Crippen LogP contribution in [0, 0.1) is 0 Å². The second-order valence-electron chi connectivity index (χ2n) is 5.62. The van der Waals surface area contributed by atoms with E-state index in [0.29, 0.717) is 5.75 Å². The highest BCUT2D eigenvalue weighted by atomic mass is 16.3. The summed E-state index contributed by atoms with van der Waals surface area (Å²) in [5.41, 5.74) is 2.63. The van der Waals surface area contributed by atoms with Crippen LogP contribution in [0.25, 0.3) is 32.3 Å². The summed E-state index contributed by atoms with van der Waals surface area (Å²) in [6, 6.07) is 19.0. The molecule has 4 aromatic rings. The Balaban J connectivity index is 2.12. The van der Waals surface area contributed by atoms with E-state index in [2.05, 4.69) is 42.5 Å². The highest BCUT2D eigenvalue weighted by Crippen LogP contribution is 2.42. The highest BCUT2D eigenvalue weighted by molar-refractivity contribution is 6.21. The van der Waals surface area contributed by atoms with Crippen molar-refractivity contribution < 1.29 is 5.11 Å². The Kier molecular flexibility index (Phi) is 1.70. The molecule has 0 radical (unpaired) electrons. The van der Waals surface area contributed by atoms with Gasteiger partial charge in [0.15, 0.2) is 0 Å². The topological polar surface area (TPSA) is 20.2 Å². The van der Waals surface area contributed by atoms with Gasteiger partial charge in [-0.15, -0.1) is 0 Å².